The molecular weight excluding hydrogens is 260 g/mol. The van der Waals surface area contributed by atoms with Crippen LogP contribution in [0.1, 0.15) is 51.4 Å². The molecule has 0 aromatic rings. The number of piperazine rings is 1. The summed E-state index contributed by atoms with van der Waals surface area (Å²) in [6, 6.07) is 0. The van der Waals surface area contributed by atoms with Crippen molar-refractivity contribution in [3.8, 4) is 0 Å². The number of rotatable bonds is 2. The Morgan fingerprint density at radius 2 is 1.33 bits per heavy atom. The van der Waals surface area contributed by atoms with Crippen LogP contribution in [0.5, 0.6) is 0 Å². The standard InChI is InChI=1S/C18H28N2O/c21-17(16-1-2-16)19-3-5-20(6-4-19)18-10-13-7-14(11-18)9-15(8-13)12-18/h13-16H,1-12H2. The SMILES string of the molecule is O=C(C1CC1)N1CCN(C23CC4CC(CC(C4)C2)C3)CC1. The van der Waals surface area contributed by atoms with Crippen molar-refractivity contribution in [3.63, 3.8) is 0 Å². The van der Waals surface area contributed by atoms with Crippen LogP contribution in [0.25, 0.3) is 0 Å². The number of carbonyl (C=O) groups excluding carboxylic acids is 1. The van der Waals surface area contributed by atoms with Crippen LogP contribution in [0.15, 0.2) is 0 Å². The fourth-order valence-electron chi connectivity index (χ4n) is 6.44. The van der Waals surface area contributed by atoms with Gasteiger partial charge >= 0.3 is 0 Å². The van der Waals surface area contributed by atoms with Gasteiger partial charge in [-0.2, -0.15) is 0 Å². The van der Waals surface area contributed by atoms with E-state index in [1.165, 1.54) is 38.5 Å². The van der Waals surface area contributed by atoms with E-state index >= 15 is 0 Å². The summed E-state index contributed by atoms with van der Waals surface area (Å²) >= 11 is 0. The normalized spacial score (nSPS) is 46.1. The van der Waals surface area contributed by atoms with Gasteiger partial charge < -0.3 is 4.90 Å². The van der Waals surface area contributed by atoms with Crippen LogP contribution in [0.3, 0.4) is 0 Å². The number of amides is 1. The third-order valence-corrected chi connectivity index (χ3v) is 7.19. The highest BCUT2D eigenvalue weighted by atomic mass is 16.2. The smallest absolute Gasteiger partial charge is 0.225 e. The average Bonchev–Trinajstić information content (AvgIpc) is 3.30. The van der Waals surface area contributed by atoms with E-state index in [-0.39, 0.29) is 0 Å². The first-order valence-electron chi connectivity index (χ1n) is 9.26. The van der Waals surface area contributed by atoms with E-state index in [1.807, 2.05) is 0 Å². The van der Waals surface area contributed by atoms with Gasteiger partial charge in [-0.25, -0.2) is 0 Å². The highest BCUT2D eigenvalue weighted by Crippen LogP contribution is 2.57. The number of carbonyl (C=O) groups is 1. The summed E-state index contributed by atoms with van der Waals surface area (Å²) in [4.78, 5) is 17.2. The van der Waals surface area contributed by atoms with E-state index in [9.17, 15) is 4.79 Å². The quantitative estimate of drug-likeness (QED) is 0.779. The van der Waals surface area contributed by atoms with E-state index in [0.29, 0.717) is 17.4 Å². The van der Waals surface area contributed by atoms with Gasteiger partial charge in [-0.05, 0) is 69.1 Å². The van der Waals surface area contributed by atoms with Crippen LogP contribution in [0.4, 0.5) is 0 Å². The molecule has 0 spiro atoms. The Balaban J connectivity index is 1.28. The van der Waals surface area contributed by atoms with E-state index < -0.39 is 0 Å². The molecule has 0 aromatic carbocycles. The summed E-state index contributed by atoms with van der Waals surface area (Å²) in [5.74, 6) is 3.95. The number of hydrogen-bond donors (Lipinski definition) is 0. The van der Waals surface area contributed by atoms with Gasteiger partial charge in [0.05, 0.1) is 0 Å². The lowest BCUT2D eigenvalue weighted by molar-refractivity contribution is -0.139. The fraction of sp³-hybridized carbons (Fsp3) is 0.944. The van der Waals surface area contributed by atoms with E-state index in [2.05, 4.69) is 9.80 Å². The van der Waals surface area contributed by atoms with Gasteiger partial charge in [-0.1, -0.05) is 0 Å². The van der Waals surface area contributed by atoms with E-state index in [1.54, 1.807) is 0 Å². The summed E-state index contributed by atoms with van der Waals surface area (Å²) in [6.45, 7) is 4.28. The summed E-state index contributed by atoms with van der Waals surface area (Å²) < 4.78 is 0. The molecule has 1 saturated heterocycles. The zero-order chi connectivity index (χ0) is 14.0. The van der Waals surface area contributed by atoms with Crippen molar-refractivity contribution in [1.29, 1.82) is 0 Å². The Kier molecular flexibility index (Phi) is 2.75. The van der Waals surface area contributed by atoms with Gasteiger partial charge in [0, 0.05) is 37.6 Å². The van der Waals surface area contributed by atoms with Crippen molar-refractivity contribution in [3.05, 3.63) is 0 Å². The molecule has 4 bridgehead atoms. The molecule has 6 rings (SSSR count). The molecule has 3 heteroatoms. The lowest BCUT2D eigenvalue weighted by atomic mass is 9.52. The third kappa shape index (κ3) is 2.07. The molecule has 3 nitrogen and oxygen atoms in total. The highest BCUT2D eigenvalue weighted by molar-refractivity contribution is 5.81. The van der Waals surface area contributed by atoms with E-state index in [4.69, 9.17) is 0 Å². The minimum Gasteiger partial charge on any atom is -0.340 e. The predicted octanol–water partition coefficient (Wildman–Crippen LogP) is 2.51. The maximum absolute atomic E-state index is 12.2. The Morgan fingerprint density at radius 1 is 0.810 bits per heavy atom. The monoisotopic (exact) mass is 288 g/mol. The summed E-state index contributed by atoms with van der Waals surface area (Å²) in [6.07, 6.45) is 11.3. The van der Waals surface area contributed by atoms with Crippen molar-refractivity contribution in [2.45, 2.75) is 56.9 Å². The minimum absolute atomic E-state index is 0.399. The molecule has 0 radical (unpaired) electrons. The van der Waals surface area contributed by atoms with Crippen molar-refractivity contribution in [1.82, 2.24) is 9.80 Å². The van der Waals surface area contributed by atoms with Crippen molar-refractivity contribution in [2.24, 2.45) is 23.7 Å². The van der Waals surface area contributed by atoms with Crippen LogP contribution < -0.4 is 0 Å². The molecule has 0 N–H and O–H groups in total. The molecular formula is C18H28N2O. The summed E-state index contributed by atoms with van der Waals surface area (Å²) in [5, 5.41) is 0. The van der Waals surface area contributed by atoms with Gasteiger partial charge in [-0.3, -0.25) is 9.69 Å². The van der Waals surface area contributed by atoms with Crippen LogP contribution in [0.2, 0.25) is 0 Å². The Labute approximate surface area is 128 Å². The Bertz CT molecular complexity index is 413. The minimum atomic E-state index is 0.399. The molecule has 6 aliphatic rings. The fourth-order valence-corrected chi connectivity index (χ4v) is 6.44. The molecule has 6 fully saturated rings. The molecule has 1 aliphatic heterocycles. The lowest BCUT2D eigenvalue weighted by Crippen LogP contribution is -2.64. The second kappa shape index (κ2) is 4.47. The summed E-state index contributed by atoms with van der Waals surface area (Å²) in [7, 11) is 0. The van der Waals surface area contributed by atoms with Crippen molar-refractivity contribution < 1.29 is 4.79 Å². The molecule has 0 atom stereocenters. The van der Waals surface area contributed by atoms with E-state index in [0.717, 1.165) is 56.8 Å². The first-order chi connectivity index (χ1) is 10.2. The first kappa shape index (κ1) is 12.9. The Hall–Kier alpha value is -0.570. The molecule has 0 aromatic heterocycles. The van der Waals surface area contributed by atoms with Crippen LogP contribution in [-0.2, 0) is 4.79 Å². The Morgan fingerprint density at radius 3 is 1.81 bits per heavy atom. The third-order valence-electron chi connectivity index (χ3n) is 7.19. The van der Waals surface area contributed by atoms with Crippen molar-refractivity contribution >= 4 is 5.91 Å². The molecule has 1 heterocycles. The lowest BCUT2D eigenvalue weighted by Gasteiger charge is -2.61. The second-order valence-corrected chi connectivity index (χ2v) is 8.73. The molecule has 116 valence electrons. The van der Waals surface area contributed by atoms with Gasteiger partial charge in [0.2, 0.25) is 5.91 Å². The molecule has 0 unspecified atom stereocenters. The van der Waals surface area contributed by atoms with Gasteiger partial charge in [-0.15, -0.1) is 0 Å². The van der Waals surface area contributed by atoms with Gasteiger partial charge in [0.1, 0.15) is 0 Å². The number of hydrogen-bond acceptors (Lipinski definition) is 2. The van der Waals surface area contributed by atoms with Crippen LogP contribution in [0, 0.1) is 23.7 Å². The molecule has 5 aliphatic carbocycles. The molecule has 21 heavy (non-hydrogen) atoms. The molecule has 1 amide bonds. The highest BCUT2D eigenvalue weighted by Gasteiger charge is 2.53. The van der Waals surface area contributed by atoms with Crippen molar-refractivity contribution in [2.75, 3.05) is 26.2 Å². The second-order valence-electron chi connectivity index (χ2n) is 8.73. The van der Waals surface area contributed by atoms with Gasteiger partial charge in [0.25, 0.3) is 0 Å². The maximum Gasteiger partial charge on any atom is 0.225 e. The largest absolute Gasteiger partial charge is 0.340 e. The number of nitrogens with zero attached hydrogens (tertiary/aromatic N) is 2. The van der Waals surface area contributed by atoms with Gasteiger partial charge in [0.15, 0.2) is 0 Å². The van der Waals surface area contributed by atoms with Crippen LogP contribution in [-0.4, -0.2) is 47.4 Å². The zero-order valence-corrected chi connectivity index (χ0v) is 13.1. The predicted molar refractivity (Wildman–Crippen MR) is 81.8 cm³/mol. The summed E-state index contributed by atoms with van der Waals surface area (Å²) in [5.41, 5.74) is 0.545. The molecule has 5 saturated carbocycles. The topological polar surface area (TPSA) is 23.6 Å². The first-order valence-corrected chi connectivity index (χ1v) is 9.26. The average molecular weight is 288 g/mol. The maximum atomic E-state index is 12.2. The van der Waals surface area contributed by atoms with Crippen LogP contribution >= 0.6 is 0 Å². The zero-order valence-electron chi connectivity index (χ0n) is 13.1.